The summed E-state index contributed by atoms with van der Waals surface area (Å²) in [5.74, 6) is 0.380. The normalized spacial score (nSPS) is 12.1. The molecule has 29 heavy (non-hydrogen) atoms. The Kier molecular flexibility index (Phi) is 7.83. The Morgan fingerprint density at radius 3 is 2.21 bits per heavy atom. The smallest absolute Gasteiger partial charge is 0.244 e. The summed E-state index contributed by atoms with van der Waals surface area (Å²) in [7, 11) is -2.19. The predicted molar refractivity (Wildman–Crippen MR) is 109 cm³/mol. The minimum absolute atomic E-state index is 0.197. The van der Waals surface area contributed by atoms with E-state index < -0.39 is 27.8 Å². The Morgan fingerprint density at radius 1 is 1.10 bits per heavy atom. The fourth-order valence-corrected chi connectivity index (χ4v) is 3.99. The molecule has 2 aromatic carbocycles. The molecule has 0 unspecified atom stereocenters. The van der Waals surface area contributed by atoms with Crippen molar-refractivity contribution in [1.82, 2.24) is 5.32 Å². The van der Waals surface area contributed by atoms with Gasteiger partial charge >= 0.3 is 0 Å². The molecule has 1 amide bonds. The molecule has 2 aromatic rings. The molecule has 0 saturated carbocycles. The van der Waals surface area contributed by atoms with E-state index in [9.17, 15) is 17.6 Å². The van der Waals surface area contributed by atoms with E-state index in [4.69, 9.17) is 9.47 Å². The number of sulfonamides is 1. The van der Waals surface area contributed by atoms with Gasteiger partial charge in [-0.1, -0.05) is 6.92 Å². The third-order valence-corrected chi connectivity index (χ3v) is 5.32. The highest BCUT2D eigenvalue weighted by molar-refractivity contribution is 7.92. The third-order valence-electron chi connectivity index (χ3n) is 4.14. The Balaban J connectivity index is 2.00. The molecule has 9 heteroatoms. The van der Waals surface area contributed by atoms with Crippen LogP contribution in [0.1, 0.15) is 13.3 Å². The minimum atomic E-state index is -3.76. The lowest BCUT2D eigenvalue weighted by Gasteiger charge is -2.30. The van der Waals surface area contributed by atoms with Crippen LogP contribution in [0.4, 0.5) is 10.1 Å². The number of hydrogen-bond donors (Lipinski definition) is 1. The van der Waals surface area contributed by atoms with Crippen LogP contribution >= 0.6 is 0 Å². The molecule has 0 aliphatic heterocycles. The van der Waals surface area contributed by atoms with Crippen molar-refractivity contribution < 1.29 is 27.1 Å². The van der Waals surface area contributed by atoms with Gasteiger partial charge in [-0.05, 0) is 55.0 Å². The summed E-state index contributed by atoms with van der Waals surface area (Å²) in [5.41, 5.74) is 0.227. The molecule has 0 aliphatic rings. The summed E-state index contributed by atoms with van der Waals surface area (Å²) in [4.78, 5) is 12.6. The molecule has 1 atom stereocenters. The maximum Gasteiger partial charge on any atom is 0.244 e. The zero-order valence-electron chi connectivity index (χ0n) is 16.6. The van der Waals surface area contributed by atoms with Crippen LogP contribution < -0.4 is 19.1 Å². The molecule has 158 valence electrons. The topological polar surface area (TPSA) is 84.9 Å². The van der Waals surface area contributed by atoms with Gasteiger partial charge in [0.1, 0.15) is 30.0 Å². The van der Waals surface area contributed by atoms with Crippen LogP contribution in [0.15, 0.2) is 48.5 Å². The van der Waals surface area contributed by atoms with Gasteiger partial charge in [-0.3, -0.25) is 9.10 Å². The lowest BCUT2D eigenvalue weighted by molar-refractivity contribution is -0.122. The summed E-state index contributed by atoms with van der Waals surface area (Å²) in [6.45, 7) is 2.12. The van der Waals surface area contributed by atoms with Crippen molar-refractivity contribution in [3.8, 4) is 11.5 Å². The Hall–Kier alpha value is -2.81. The van der Waals surface area contributed by atoms with Crippen LogP contribution in [-0.4, -0.2) is 46.9 Å². The van der Waals surface area contributed by atoms with Crippen LogP contribution in [0.5, 0.6) is 11.5 Å². The first kappa shape index (κ1) is 22.5. The van der Waals surface area contributed by atoms with Crippen molar-refractivity contribution in [2.75, 3.05) is 30.8 Å². The summed E-state index contributed by atoms with van der Waals surface area (Å²) in [5, 5.41) is 2.69. The molecular weight excluding hydrogens is 399 g/mol. The quantitative estimate of drug-likeness (QED) is 0.593. The summed E-state index contributed by atoms with van der Waals surface area (Å²) in [6, 6.07) is 11.0. The first-order valence-electron chi connectivity index (χ1n) is 9.05. The van der Waals surface area contributed by atoms with Crippen molar-refractivity contribution >= 4 is 21.6 Å². The van der Waals surface area contributed by atoms with E-state index in [2.05, 4.69) is 5.32 Å². The standard InChI is InChI=1S/C20H25FN2O5S/c1-4-19(23(29(3,25)26)16-7-5-15(21)6-8-16)20(24)22-13-14-28-18-11-9-17(27-2)10-12-18/h5-12,19H,4,13-14H2,1-3H3,(H,22,24)/t19-/m0/s1. The van der Waals surface area contributed by atoms with Gasteiger partial charge in [0.25, 0.3) is 0 Å². The van der Waals surface area contributed by atoms with Crippen LogP contribution in [0.3, 0.4) is 0 Å². The summed E-state index contributed by atoms with van der Waals surface area (Å²) >= 11 is 0. The highest BCUT2D eigenvalue weighted by atomic mass is 32.2. The van der Waals surface area contributed by atoms with Gasteiger partial charge < -0.3 is 14.8 Å². The van der Waals surface area contributed by atoms with Gasteiger partial charge in [0.2, 0.25) is 15.9 Å². The van der Waals surface area contributed by atoms with Gasteiger partial charge in [0.15, 0.2) is 0 Å². The largest absolute Gasteiger partial charge is 0.497 e. The number of nitrogens with zero attached hydrogens (tertiary/aromatic N) is 1. The van der Waals surface area contributed by atoms with Crippen molar-refractivity contribution in [3.63, 3.8) is 0 Å². The monoisotopic (exact) mass is 424 g/mol. The number of carbonyl (C=O) groups is 1. The van der Waals surface area contributed by atoms with Gasteiger partial charge in [-0.2, -0.15) is 0 Å². The number of ether oxygens (including phenoxy) is 2. The van der Waals surface area contributed by atoms with E-state index in [0.717, 1.165) is 22.7 Å². The average Bonchev–Trinajstić information content (AvgIpc) is 2.69. The Labute approximate surface area is 170 Å². The van der Waals surface area contributed by atoms with Crippen LogP contribution in [0, 0.1) is 5.82 Å². The van der Waals surface area contributed by atoms with Crippen molar-refractivity contribution in [1.29, 1.82) is 0 Å². The summed E-state index contributed by atoms with van der Waals surface area (Å²) < 4.78 is 49.4. The molecular formula is C20H25FN2O5S. The first-order chi connectivity index (χ1) is 13.8. The molecule has 0 fully saturated rings. The number of nitrogens with one attached hydrogen (secondary N) is 1. The number of anilines is 1. The van der Waals surface area contributed by atoms with Crippen molar-refractivity contribution in [2.24, 2.45) is 0 Å². The first-order valence-corrected chi connectivity index (χ1v) is 10.9. The van der Waals surface area contributed by atoms with E-state index in [0.29, 0.717) is 11.5 Å². The Morgan fingerprint density at radius 2 is 1.69 bits per heavy atom. The molecule has 0 aromatic heterocycles. The molecule has 0 bridgehead atoms. The Bertz CT molecular complexity index is 901. The highest BCUT2D eigenvalue weighted by Gasteiger charge is 2.31. The van der Waals surface area contributed by atoms with Crippen LogP contribution in [0.25, 0.3) is 0 Å². The van der Waals surface area contributed by atoms with Gasteiger partial charge in [-0.15, -0.1) is 0 Å². The predicted octanol–water partition coefficient (Wildman–Crippen LogP) is 2.57. The van der Waals surface area contributed by atoms with Crippen LogP contribution in [0.2, 0.25) is 0 Å². The maximum atomic E-state index is 13.2. The van der Waals surface area contributed by atoms with Gasteiger partial charge in [0.05, 0.1) is 25.6 Å². The average molecular weight is 424 g/mol. The molecule has 7 nitrogen and oxygen atoms in total. The van der Waals surface area contributed by atoms with Crippen molar-refractivity contribution in [3.05, 3.63) is 54.3 Å². The van der Waals surface area contributed by atoms with Crippen LogP contribution in [-0.2, 0) is 14.8 Å². The molecule has 0 heterocycles. The minimum Gasteiger partial charge on any atom is -0.497 e. The fraction of sp³-hybridized carbons (Fsp3) is 0.350. The number of hydrogen-bond acceptors (Lipinski definition) is 5. The molecule has 0 aliphatic carbocycles. The number of methoxy groups -OCH3 is 1. The maximum absolute atomic E-state index is 13.2. The third kappa shape index (κ3) is 6.35. The number of amides is 1. The number of halogens is 1. The van der Waals surface area contributed by atoms with E-state index in [1.807, 2.05) is 0 Å². The molecule has 1 N–H and O–H groups in total. The van der Waals surface area contributed by atoms with E-state index in [-0.39, 0.29) is 25.3 Å². The van der Waals surface area contributed by atoms with Gasteiger partial charge in [-0.25, -0.2) is 12.8 Å². The van der Waals surface area contributed by atoms with E-state index in [1.165, 1.54) is 12.1 Å². The van der Waals surface area contributed by atoms with Crippen molar-refractivity contribution in [2.45, 2.75) is 19.4 Å². The highest BCUT2D eigenvalue weighted by Crippen LogP contribution is 2.23. The fourth-order valence-electron chi connectivity index (χ4n) is 2.78. The van der Waals surface area contributed by atoms with Gasteiger partial charge in [0, 0.05) is 0 Å². The van der Waals surface area contributed by atoms with E-state index in [1.54, 1.807) is 38.3 Å². The lowest BCUT2D eigenvalue weighted by atomic mass is 10.2. The number of benzene rings is 2. The second kappa shape index (κ2) is 10.1. The number of rotatable bonds is 10. The molecule has 0 spiro atoms. The van der Waals surface area contributed by atoms with E-state index >= 15 is 0 Å². The lowest BCUT2D eigenvalue weighted by Crippen LogP contribution is -2.50. The molecule has 0 saturated heterocycles. The zero-order valence-corrected chi connectivity index (χ0v) is 17.4. The number of carbonyl (C=O) groups excluding carboxylic acids is 1. The second-order valence-electron chi connectivity index (χ2n) is 6.27. The molecule has 0 radical (unpaired) electrons. The molecule has 2 rings (SSSR count). The SMILES string of the molecule is CC[C@@H](C(=O)NCCOc1ccc(OC)cc1)N(c1ccc(F)cc1)S(C)(=O)=O. The summed E-state index contributed by atoms with van der Waals surface area (Å²) in [6.07, 6.45) is 1.26. The zero-order chi connectivity index (χ0) is 21.4. The second-order valence-corrected chi connectivity index (χ2v) is 8.13.